The van der Waals surface area contributed by atoms with Crippen molar-refractivity contribution >= 4 is 11.9 Å². The van der Waals surface area contributed by atoms with Crippen LogP contribution in [0.25, 0.3) is 0 Å². The number of nitrogens with zero attached hydrogens (tertiary/aromatic N) is 1. The summed E-state index contributed by atoms with van der Waals surface area (Å²) in [5.74, 6) is -0.774. The van der Waals surface area contributed by atoms with Crippen LogP contribution in [0.1, 0.15) is 54.9 Å². The topological polar surface area (TPSA) is 57.6 Å². The van der Waals surface area contributed by atoms with Gasteiger partial charge in [-0.05, 0) is 43.7 Å². The van der Waals surface area contributed by atoms with Gasteiger partial charge in [0.25, 0.3) is 0 Å². The molecule has 0 bridgehead atoms. The zero-order valence-corrected chi connectivity index (χ0v) is 12.5. The Labute approximate surface area is 125 Å². The number of carbonyl (C=O) groups is 2. The lowest BCUT2D eigenvalue weighted by Crippen LogP contribution is -2.43. The Morgan fingerprint density at radius 2 is 2.05 bits per heavy atom. The number of amides is 1. The minimum atomic E-state index is -0.928. The predicted octanol–water partition coefficient (Wildman–Crippen LogP) is 3.11. The predicted molar refractivity (Wildman–Crippen MR) is 81.4 cm³/mol. The van der Waals surface area contributed by atoms with Gasteiger partial charge >= 0.3 is 5.97 Å². The van der Waals surface area contributed by atoms with E-state index >= 15 is 0 Å². The highest BCUT2D eigenvalue weighted by Gasteiger charge is 2.25. The van der Waals surface area contributed by atoms with Gasteiger partial charge in [0, 0.05) is 19.0 Å². The summed E-state index contributed by atoms with van der Waals surface area (Å²) in [6.07, 6.45) is 5.25. The number of hydrogen-bond acceptors (Lipinski definition) is 2. The Balaban J connectivity index is 1.99. The number of aromatic carboxylic acids is 1. The van der Waals surface area contributed by atoms with Crippen LogP contribution in [-0.2, 0) is 11.2 Å². The molecule has 114 valence electrons. The minimum absolute atomic E-state index is 0.154. The van der Waals surface area contributed by atoms with Crippen molar-refractivity contribution in [3.8, 4) is 0 Å². The summed E-state index contributed by atoms with van der Waals surface area (Å²) < 4.78 is 0. The number of piperidine rings is 1. The van der Waals surface area contributed by atoms with Crippen LogP contribution in [0.5, 0.6) is 0 Å². The third-order valence-corrected chi connectivity index (χ3v) is 4.27. The van der Waals surface area contributed by atoms with Crippen LogP contribution in [0, 0.1) is 0 Å². The van der Waals surface area contributed by atoms with Gasteiger partial charge in [0.05, 0.1) is 5.56 Å². The Morgan fingerprint density at radius 3 is 2.76 bits per heavy atom. The first-order valence-corrected chi connectivity index (χ1v) is 7.74. The summed E-state index contributed by atoms with van der Waals surface area (Å²) in [6.45, 7) is 2.97. The normalized spacial score (nSPS) is 18.5. The van der Waals surface area contributed by atoms with Crippen molar-refractivity contribution in [1.82, 2.24) is 4.90 Å². The molecule has 1 saturated heterocycles. The number of carbonyl (C=O) groups excluding carboxylic acids is 1. The lowest BCUT2D eigenvalue weighted by molar-refractivity contribution is -0.134. The Bertz CT molecular complexity index is 513. The average molecular weight is 289 g/mol. The second-order valence-electron chi connectivity index (χ2n) is 5.61. The van der Waals surface area contributed by atoms with E-state index in [2.05, 4.69) is 6.92 Å². The maximum atomic E-state index is 12.4. The highest BCUT2D eigenvalue weighted by atomic mass is 16.4. The Hall–Kier alpha value is -1.84. The quantitative estimate of drug-likeness (QED) is 0.906. The first-order valence-electron chi connectivity index (χ1n) is 7.74. The van der Waals surface area contributed by atoms with Gasteiger partial charge < -0.3 is 10.0 Å². The molecule has 4 nitrogen and oxygen atoms in total. The van der Waals surface area contributed by atoms with E-state index in [1.165, 1.54) is 6.42 Å². The van der Waals surface area contributed by atoms with Crippen molar-refractivity contribution in [3.05, 3.63) is 35.4 Å². The number of rotatable bonds is 5. The molecule has 0 saturated carbocycles. The first kappa shape index (κ1) is 15.5. The molecule has 0 aliphatic carbocycles. The van der Waals surface area contributed by atoms with Gasteiger partial charge in [-0.1, -0.05) is 25.1 Å². The molecule has 0 aromatic heterocycles. The van der Waals surface area contributed by atoms with Gasteiger partial charge in [-0.15, -0.1) is 0 Å². The molecule has 1 atom stereocenters. The molecule has 0 spiro atoms. The van der Waals surface area contributed by atoms with Gasteiger partial charge in [-0.3, -0.25) is 4.79 Å². The highest BCUT2D eigenvalue weighted by Crippen LogP contribution is 2.21. The van der Waals surface area contributed by atoms with Crippen LogP contribution in [0.2, 0.25) is 0 Å². The molecule has 1 fully saturated rings. The number of aryl methyl sites for hydroxylation is 1. The number of carboxylic acids is 1. The summed E-state index contributed by atoms with van der Waals surface area (Å²) in [5.41, 5.74) is 1.04. The largest absolute Gasteiger partial charge is 0.478 e. The molecule has 1 unspecified atom stereocenters. The lowest BCUT2D eigenvalue weighted by atomic mass is 9.98. The second-order valence-corrected chi connectivity index (χ2v) is 5.61. The van der Waals surface area contributed by atoms with Crippen molar-refractivity contribution in [1.29, 1.82) is 0 Å². The summed E-state index contributed by atoms with van der Waals surface area (Å²) in [7, 11) is 0. The molecule has 1 amide bonds. The SMILES string of the molecule is CCC1CCCCN1C(=O)CCc1ccccc1C(=O)O. The fourth-order valence-corrected chi connectivity index (χ4v) is 3.09. The number of likely N-dealkylation sites (tertiary alicyclic amines) is 1. The maximum absolute atomic E-state index is 12.4. The molecule has 4 heteroatoms. The van der Waals surface area contributed by atoms with Crippen LogP contribution in [-0.4, -0.2) is 34.5 Å². The Kier molecular flexibility index (Phi) is 5.37. The number of hydrogen-bond donors (Lipinski definition) is 1. The van der Waals surface area contributed by atoms with E-state index in [1.807, 2.05) is 11.0 Å². The number of carboxylic acid groups (broad SMARTS) is 1. The zero-order chi connectivity index (χ0) is 15.2. The van der Waals surface area contributed by atoms with E-state index in [9.17, 15) is 9.59 Å². The summed E-state index contributed by atoms with van der Waals surface area (Å²) in [6, 6.07) is 7.29. The van der Waals surface area contributed by atoms with Crippen LogP contribution in [0.15, 0.2) is 24.3 Å². The summed E-state index contributed by atoms with van der Waals surface area (Å²) >= 11 is 0. The smallest absolute Gasteiger partial charge is 0.335 e. The lowest BCUT2D eigenvalue weighted by Gasteiger charge is -2.35. The third kappa shape index (κ3) is 3.84. The monoisotopic (exact) mass is 289 g/mol. The fraction of sp³-hybridized carbons (Fsp3) is 0.529. The van der Waals surface area contributed by atoms with E-state index < -0.39 is 5.97 Å². The van der Waals surface area contributed by atoms with Gasteiger partial charge in [-0.2, -0.15) is 0 Å². The Morgan fingerprint density at radius 1 is 1.29 bits per heavy atom. The van der Waals surface area contributed by atoms with Crippen LogP contribution in [0.4, 0.5) is 0 Å². The molecule has 1 aromatic carbocycles. The average Bonchev–Trinajstić information content (AvgIpc) is 2.52. The fourth-order valence-electron chi connectivity index (χ4n) is 3.09. The zero-order valence-electron chi connectivity index (χ0n) is 12.5. The van der Waals surface area contributed by atoms with Crippen LogP contribution in [0.3, 0.4) is 0 Å². The molecule has 1 aromatic rings. The minimum Gasteiger partial charge on any atom is -0.478 e. The summed E-state index contributed by atoms with van der Waals surface area (Å²) in [5, 5.41) is 9.16. The standard InChI is InChI=1S/C17H23NO3/c1-2-14-8-5-6-12-18(14)16(19)11-10-13-7-3-4-9-15(13)17(20)21/h3-4,7,9,14H,2,5-6,8,10-12H2,1H3,(H,20,21). The molecular formula is C17H23NO3. The summed E-state index contributed by atoms with van der Waals surface area (Å²) in [4.78, 5) is 25.6. The van der Waals surface area contributed by atoms with Gasteiger partial charge in [-0.25, -0.2) is 4.79 Å². The first-order chi connectivity index (χ1) is 10.1. The molecule has 1 heterocycles. The maximum Gasteiger partial charge on any atom is 0.335 e. The van der Waals surface area contributed by atoms with E-state index in [-0.39, 0.29) is 5.91 Å². The van der Waals surface area contributed by atoms with Gasteiger partial charge in [0.2, 0.25) is 5.91 Å². The van der Waals surface area contributed by atoms with E-state index in [0.717, 1.165) is 31.4 Å². The van der Waals surface area contributed by atoms with Crippen molar-refractivity contribution < 1.29 is 14.7 Å². The van der Waals surface area contributed by atoms with Gasteiger partial charge in [0.1, 0.15) is 0 Å². The molecule has 1 N–H and O–H groups in total. The molecule has 1 aliphatic heterocycles. The van der Waals surface area contributed by atoms with Crippen molar-refractivity contribution in [2.45, 2.75) is 51.5 Å². The number of benzene rings is 1. The van der Waals surface area contributed by atoms with Crippen LogP contribution < -0.4 is 0 Å². The van der Waals surface area contributed by atoms with Crippen molar-refractivity contribution in [2.24, 2.45) is 0 Å². The molecule has 0 radical (unpaired) electrons. The van der Waals surface area contributed by atoms with E-state index in [1.54, 1.807) is 18.2 Å². The third-order valence-electron chi connectivity index (χ3n) is 4.27. The molecular weight excluding hydrogens is 266 g/mol. The van der Waals surface area contributed by atoms with E-state index in [0.29, 0.717) is 24.4 Å². The molecule has 1 aliphatic rings. The second kappa shape index (κ2) is 7.25. The van der Waals surface area contributed by atoms with Crippen LogP contribution >= 0.6 is 0 Å². The highest BCUT2D eigenvalue weighted by molar-refractivity contribution is 5.89. The van der Waals surface area contributed by atoms with Gasteiger partial charge in [0.15, 0.2) is 0 Å². The van der Waals surface area contributed by atoms with Crippen molar-refractivity contribution in [2.75, 3.05) is 6.54 Å². The van der Waals surface area contributed by atoms with Crippen molar-refractivity contribution in [3.63, 3.8) is 0 Å². The molecule has 21 heavy (non-hydrogen) atoms. The van der Waals surface area contributed by atoms with E-state index in [4.69, 9.17) is 5.11 Å². The molecule has 2 rings (SSSR count).